The second-order valence-corrected chi connectivity index (χ2v) is 8.47. The molecule has 1 aromatic heterocycles. The lowest BCUT2D eigenvalue weighted by atomic mass is 10.1. The van der Waals surface area contributed by atoms with Crippen molar-refractivity contribution in [2.45, 2.75) is 25.0 Å². The largest absolute Gasteiger partial charge is 0.508 e. The quantitative estimate of drug-likeness (QED) is 0.640. The number of phenolic OH excluding ortho intramolecular Hbond substituents is 1. The Morgan fingerprint density at radius 3 is 2.66 bits per heavy atom. The number of rotatable bonds is 4. The molecule has 3 aliphatic heterocycles. The Balaban J connectivity index is 1.18. The SMILES string of the molecule is Nc1nc(-c2cccc(O)c2)nc(N2C[C@H]3C[C@@H]2CN3Cc2ccc3c(c2)OCCO3)n1. The predicted octanol–water partition coefficient (Wildman–Crippen LogP) is 2.06. The molecule has 3 aromatic rings. The van der Waals surface area contributed by atoms with Crippen LogP contribution >= 0.6 is 0 Å². The first-order chi connectivity index (χ1) is 15.6. The van der Waals surface area contributed by atoms with E-state index in [2.05, 4.69) is 36.9 Å². The number of nitrogens with two attached hydrogens (primary N) is 1. The van der Waals surface area contributed by atoms with Crippen LogP contribution in [0.2, 0.25) is 0 Å². The number of aromatic hydroxyl groups is 1. The van der Waals surface area contributed by atoms with E-state index in [4.69, 9.17) is 15.2 Å². The zero-order valence-electron chi connectivity index (χ0n) is 17.5. The molecule has 0 amide bonds. The van der Waals surface area contributed by atoms with Gasteiger partial charge in [-0.2, -0.15) is 15.0 Å². The van der Waals surface area contributed by atoms with Crippen LogP contribution < -0.4 is 20.1 Å². The number of nitrogen functional groups attached to an aromatic ring is 1. The van der Waals surface area contributed by atoms with Gasteiger partial charge in [-0.25, -0.2) is 0 Å². The molecule has 3 N–H and O–H groups in total. The molecule has 0 radical (unpaired) electrons. The molecule has 0 spiro atoms. The summed E-state index contributed by atoms with van der Waals surface area (Å²) in [5, 5.41) is 9.79. The van der Waals surface area contributed by atoms with Crippen LogP contribution in [-0.2, 0) is 6.54 Å². The highest BCUT2D eigenvalue weighted by molar-refractivity contribution is 5.60. The second kappa shape index (κ2) is 7.52. The Kier molecular flexibility index (Phi) is 4.50. The van der Waals surface area contributed by atoms with Crippen LogP contribution in [0.15, 0.2) is 42.5 Å². The number of ether oxygens (including phenoxy) is 2. The zero-order chi connectivity index (χ0) is 21.7. The molecule has 2 bridgehead atoms. The van der Waals surface area contributed by atoms with Crippen LogP contribution in [0.1, 0.15) is 12.0 Å². The molecule has 2 saturated heterocycles. The summed E-state index contributed by atoms with van der Waals surface area (Å²) >= 11 is 0. The van der Waals surface area contributed by atoms with Crippen molar-refractivity contribution >= 4 is 11.9 Å². The fraction of sp³-hybridized carbons (Fsp3) is 0.348. The van der Waals surface area contributed by atoms with Crippen LogP contribution in [0.5, 0.6) is 17.2 Å². The number of aromatic nitrogens is 3. The molecule has 2 atom stereocenters. The van der Waals surface area contributed by atoms with Crippen LogP contribution in [-0.4, -0.2) is 63.3 Å². The molecule has 6 rings (SSSR count). The van der Waals surface area contributed by atoms with Gasteiger partial charge in [-0.15, -0.1) is 0 Å². The lowest BCUT2D eigenvalue weighted by molar-refractivity contribution is 0.170. The van der Waals surface area contributed by atoms with Crippen LogP contribution in [0, 0.1) is 0 Å². The van der Waals surface area contributed by atoms with Gasteiger partial charge in [0.05, 0.1) is 0 Å². The summed E-state index contributed by atoms with van der Waals surface area (Å²) in [5.74, 6) is 3.08. The summed E-state index contributed by atoms with van der Waals surface area (Å²) < 4.78 is 11.4. The summed E-state index contributed by atoms with van der Waals surface area (Å²) in [6, 6.07) is 13.8. The highest BCUT2D eigenvalue weighted by Crippen LogP contribution is 2.36. The maximum Gasteiger partial charge on any atom is 0.231 e. The molecule has 0 aliphatic carbocycles. The number of anilines is 2. The lowest BCUT2D eigenvalue weighted by Gasteiger charge is -2.34. The number of benzene rings is 2. The molecule has 2 aromatic carbocycles. The van der Waals surface area contributed by atoms with Gasteiger partial charge in [0.1, 0.15) is 19.0 Å². The Bertz CT molecular complexity index is 1170. The first kappa shape index (κ1) is 19.1. The van der Waals surface area contributed by atoms with Gasteiger partial charge in [0.25, 0.3) is 0 Å². The minimum Gasteiger partial charge on any atom is -0.508 e. The van der Waals surface area contributed by atoms with E-state index in [0.29, 0.717) is 42.6 Å². The molecule has 2 fully saturated rings. The fourth-order valence-corrected chi connectivity index (χ4v) is 4.89. The van der Waals surface area contributed by atoms with Crippen molar-refractivity contribution in [2.24, 2.45) is 0 Å². The highest BCUT2D eigenvalue weighted by Gasteiger charge is 2.44. The molecule has 164 valence electrons. The summed E-state index contributed by atoms with van der Waals surface area (Å²) in [4.78, 5) is 18.1. The van der Waals surface area contributed by atoms with Crippen molar-refractivity contribution in [3.05, 3.63) is 48.0 Å². The zero-order valence-corrected chi connectivity index (χ0v) is 17.5. The Morgan fingerprint density at radius 1 is 0.969 bits per heavy atom. The third-order valence-corrected chi connectivity index (χ3v) is 6.35. The third kappa shape index (κ3) is 3.44. The number of hydrogen-bond acceptors (Lipinski definition) is 9. The molecule has 9 heteroatoms. The van der Waals surface area contributed by atoms with Gasteiger partial charge in [-0.3, -0.25) is 4.90 Å². The fourth-order valence-electron chi connectivity index (χ4n) is 4.89. The van der Waals surface area contributed by atoms with E-state index in [-0.39, 0.29) is 11.7 Å². The number of nitrogens with zero attached hydrogens (tertiary/aromatic N) is 5. The van der Waals surface area contributed by atoms with Gasteiger partial charge < -0.3 is 25.2 Å². The smallest absolute Gasteiger partial charge is 0.231 e. The molecule has 9 nitrogen and oxygen atoms in total. The molecule has 0 unspecified atom stereocenters. The summed E-state index contributed by atoms with van der Waals surface area (Å²) in [6.07, 6.45) is 1.07. The Labute approximate surface area is 185 Å². The third-order valence-electron chi connectivity index (χ3n) is 6.35. The first-order valence-electron chi connectivity index (χ1n) is 10.8. The minimum atomic E-state index is 0.165. The van der Waals surface area contributed by atoms with E-state index in [1.54, 1.807) is 18.2 Å². The molecule has 3 aliphatic rings. The van der Waals surface area contributed by atoms with E-state index >= 15 is 0 Å². The Hall–Kier alpha value is -3.59. The van der Waals surface area contributed by atoms with Gasteiger partial charge in [0.2, 0.25) is 11.9 Å². The van der Waals surface area contributed by atoms with E-state index in [9.17, 15) is 5.11 Å². The van der Waals surface area contributed by atoms with Crippen LogP contribution in [0.4, 0.5) is 11.9 Å². The predicted molar refractivity (Wildman–Crippen MR) is 119 cm³/mol. The van der Waals surface area contributed by atoms with E-state index in [1.807, 2.05) is 12.1 Å². The number of hydrogen-bond donors (Lipinski definition) is 2. The normalized spacial score (nSPS) is 21.8. The minimum absolute atomic E-state index is 0.165. The first-order valence-corrected chi connectivity index (χ1v) is 10.8. The van der Waals surface area contributed by atoms with Gasteiger partial charge in [-0.05, 0) is 36.2 Å². The van der Waals surface area contributed by atoms with Crippen molar-refractivity contribution in [3.8, 4) is 28.6 Å². The lowest BCUT2D eigenvalue weighted by Crippen LogP contribution is -2.46. The molecule has 4 heterocycles. The van der Waals surface area contributed by atoms with Crippen molar-refractivity contribution in [1.29, 1.82) is 0 Å². The summed E-state index contributed by atoms with van der Waals surface area (Å²) in [7, 11) is 0. The number of likely N-dealkylation sites (tertiary alicyclic amines) is 1. The monoisotopic (exact) mass is 432 g/mol. The average Bonchev–Trinajstić information content (AvgIpc) is 3.39. The second-order valence-electron chi connectivity index (χ2n) is 8.47. The van der Waals surface area contributed by atoms with Gasteiger partial charge in [0.15, 0.2) is 17.3 Å². The van der Waals surface area contributed by atoms with Gasteiger partial charge in [-0.1, -0.05) is 18.2 Å². The van der Waals surface area contributed by atoms with Crippen molar-refractivity contribution in [3.63, 3.8) is 0 Å². The summed E-state index contributed by atoms with van der Waals surface area (Å²) in [6.45, 7) is 3.86. The van der Waals surface area contributed by atoms with Crippen molar-refractivity contribution in [1.82, 2.24) is 19.9 Å². The topological polar surface area (TPSA) is 110 Å². The number of phenols is 1. The van der Waals surface area contributed by atoms with Crippen LogP contribution in [0.3, 0.4) is 0 Å². The van der Waals surface area contributed by atoms with E-state index < -0.39 is 0 Å². The molecule has 0 saturated carbocycles. The van der Waals surface area contributed by atoms with Crippen LogP contribution in [0.25, 0.3) is 11.4 Å². The van der Waals surface area contributed by atoms with Crippen molar-refractivity contribution in [2.75, 3.05) is 36.9 Å². The Morgan fingerprint density at radius 2 is 1.84 bits per heavy atom. The van der Waals surface area contributed by atoms with Gasteiger partial charge >= 0.3 is 0 Å². The standard InChI is InChI=1S/C23H24N6O3/c24-22-25-21(15-2-1-3-18(30)9-15)26-23(27-22)29-13-16-10-17(29)12-28(16)11-14-4-5-19-20(8-14)32-7-6-31-19/h1-5,8-9,16-17,30H,6-7,10-13H2,(H2,24,25,26,27)/t16-,17-/m1/s1. The number of fused-ring (bicyclic) bond motifs is 3. The average molecular weight is 432 g/mol. The maximum absolute atomic E-state index is 9.79. The van der Waals surface area contributed by atoms with Gasteiger partial charge in [0, 0.05) is 37.3 Å². The maximum atomic E-state index is 9.79. The molecule has 32 heavy (non-hydrogen) atoms. The highest BCUT2D eigenvalue weighted by atomic mass is 16.6. The van der Waals surface area contributed by atoms with Crippen molar-refractivity contribution < 1.29 is 14.6 Å². The molecular formula is C23H24N6O3. The number of piperazine rings is 1. The van der Waals surface area contributed by atoms with E-state index in [0.717, 1.165) is 37.6 Å². The molecular weight excluding hydrogens is 408 g/mol. The summed E-state index contributed by atoms with van der Waals surface area (Å²) in [5.41, 5.74) is 7.94. The van der Waals surface area contributed by atoms with E-state index in [1.165, 1.54) is 5.56 Å².